The van der Waals surface area contributed by atoms with E-state index in [1.165, 1.54) is 17.4 Å². The molecule has 1 aromatic carbocycles. The molecule has 0 bridgehead atoms. The molecule has 2 aliphatic rings. The van der Waals surface area contributed by atoms with Crippen molar-refractivity contribution in [3.8, 4) is 11.1 Å². The van der Waals surface area contributed by atoms with Gasteiger partial charge in [0.05, 0.1) is 17.4 Å². The number of thiophene rings is 1. The van der Waals surface area contributed by atoms with Gasteiger partial charge in [0.15, 0.2) is 16.0 Å². The number of halogens is 2. The fourth-order valence-electron chi connectivity index (χ4n) is 3.62. The number of rotatable bonds is 6. The number of carboxylic acids is 1. The number of nitrogens with zero attached hydrogens (tertiary/aromatic N) is 2. The Morgan fingerprint density at radius 1 is 1.18 bits per heavy atom. The summed E-state index contributed by atoms with van der Waals surface area (Å²) in [6, 6.07) is 5.43. The normalized spacial score (nSPS) is 18.2. The largest absolute Gasteiger partial charge is 0.481 e. The summed E-state index contributed by atoms with van der Waals surface area (Å²) in [7, 11) is 0. The second kappa shape index (κ2) is 10.3. The molecule has 3 heterocycles. The van der Waals surface area contributed by atoms with Gasteiger partial charge >= 0.3 is 5.97 Å². The minimum Gasteiger partial charge on any atom is -0.481 e. The molecule has 0 radical (unpaired) electrons. The number of carbonyl (C=O) groups is 3. The molecule has 1 aromatic heterocycles. The Bertz CT molecular complexity index is 1190. The maximum Gasteiger partial charge on any atom is 0.306 e. The van der Waals surface area contributed by atoms with E-state index in [9.17, 15) is 23.2 Å². The molecule has 0 saturated carbocycles. The first-order valence-electron chi connectivity index (χ1n) is 10.3. The van der Waals surface area contributed by atoms with Gasteiger partial charge in [-0.1, -0.05) is 30.0 Å². The number of thioether (sulfide) groups is 1. The number of likely N-dealkylation sites (tertiary alicyclic amines) is 1. The van der Waals surface area contributed by atoms with Gasteiger partial charge in [-0.2, -0.15) is 0 Å². The van der Waals surface area contributed by atoms with Crippen LogP contribution in [0.1, 0.15) is 17.7 Å². The van der Waals surface area contributed by atoms with Crippen LogP contribution in [0.2, 0.25) is 0 Å². The zero-order valence-electron chi connectivity index (χ0n) is 17.6. The number of hydrazine groups is 1. The Morgan fingerprint density at radius 2 is 1.91 bits per heavy atom. The molecule has 0 aliphatic carbocycles. The molecule has 0 spiro atoms. The summed E-state index contributed by atoms with van der Waals surface area (Å²) in [5.74, 6) is -3.77. The summed E-state index contributed by atoms with van der Waals surface area (Å²) >= 11 is 7.70. The van der Waals surface area contributed by atoms with Crippen molar-refractivity contribution in [1.29, 1.82) is 0 Å². The smallest absolute Gasteiger partial charge is 0.306 e. The molecule has 2 N–H and O–H groups in total. The molecular weight excluding hydrogens is 504 g/mol. The lowest BCUT2D eigenvalue weighted by atomic mass is 9.97. The molecule has 2 amide bonds. The number of piperidine rings is 1. The van der Waals surface area contributed by atoms with Crippen LogP contribution in [0.4, 0.5) is 8.78 Å². The standard InChI is InChI=1S/C22H19F2N3O4S3/c23-16-2-1-13(8-17(16)24)14-7-15(33-11-14)9-18-20(29)27(22(32)34-18)25-10-19(28)26-5-3-12(4-6-26)21(30)31/h1-2,7-9,11-12,25H,3-6,10H2,(H,30,31)/b18-9-. The summed E-state index contributed by atoms with van der Waals surface area (Å²) in [6.45, 7) is 0.569. The molecular formula is C22H19F2N3O4S3. The lowest BCUT2D eigenvalue weighted by Crippen LogP contribution is -2.49. The van der Waals surface area contributed by atoms with Crippen LogP contribution in [-0.2, 0) is 14.4 Å². The van der Waals surface area contributed by atoms with Gasteiger partial charge in [-0.05, 0) is 53.6 Å². The Balaban J connectivity index is 1.36. The highest BCUT2D eigenvalue weighted by molar-refractivity contribution is 8.26. The zero-order chi connectivity index (χ0) is 24.4. The van der Waals surface area contributed by atoms with Crippen molar-refractivity contribution >= 4 is 63.5 Å². The van der Waals surface area contributed by atoms with Crippen LogP contribution in [0.5, 0.6) is 0 Å². The topological polar surface area (TPSA) is 89.9 Å². The van der Waals surface area contributed by atoms with Crippen LogP contribution in [0.25, 0.3) is 17.2 Å². The van der Waals surface area contributed by atoms with Crippen LogP contribution >= 0.6 is 35.3 Å². The van der Waals surface area contributed by atoms with E-state index in [1.807, 2.05) is 0 Å². The van der Waals surface area contributed by atoms with E-state index in [2.05, 4.69) is 5.43 Å². The number of nitrogens with one attached hydrogen (secondary N) is 1. The molecule has 34 heavy (non-hydrogen) atoms. The average molecular weight is 524 g/mol. The van der Waals surface area contributed by atoms with E-state index in [4.69, 9.17) is 17.3 Å². The van der Waals surface area contributed by atoms with E-state index in [-0.39, 0.29) is 16.8 Å². The van der Waals surface area contributed by atoms with Crippen molar-refractivity contribution in [2.45, 2.75) is 12.8 Å². The van der Waals surface area contributed by atoms with Crippen LogP contribution in [0.15, 0.2) is 34.6 Å². The van der Waals surface area contributed by atoms with Crippen LogP contribution in [-0.4, -0.2) is 56.8 Å². The Labute approximate surface area is 207 Å². The highest BCUT2D eigenvalue weighted by Crippen LogP contribution is 2.34. The molecule has 2 aromatic rings. The maximum absolute atomic E-state index is 13.5. The number of benzene rings is 1. The molecule has 7 nitrogen and oxygen atoms in total. The number of carboxylic acid groups (broad SMARTS) is 1. The first-order valence-corrected chi connectivity index (χ1v) is 12.4. The van der Waals surface area contributed by atoms with Gasteiger partial charge in [-0.25, -0.2) is 19.2 Å². The van der Waals surface area contributed by atoms with E-state index in [0.717, 1.165) is 33.8 Å². The molecule has 4 rings (SSSR count). The first-order chi connectivity index (χ1) is 16.2. The predicted molar refractivity (Wildman–Crippen MR) is 130 cm³/mol. The summed E-state index contributed by atoms with van der Waals surface area (Å²) in [6.07, 6.45) is 2.46. The van der Waals surface area contributed by atoms with Crippen molar-refractivity contribution in [1.82, 2.24) is 15.3 Å². The van der Waals surface area contributed by atoms with Gasteiger partial charge in [0, 0.05) is 18.0 Å². The van der Waals surface area contributed by atoms with Crippen molar-refractivity contribution in [3.05, 3.63) is 51.1 Å². The highest BCUT2D eigenvalue weighted by atomic mass is 32.2. The maximum atomic E-state index is 13.5. The average Bonchev–Trinajstić information content (AvgIpc) is 3.38. The predicted octanol–water partition coefficient (Wildman–Crippen LogP) is 3.72. The molecule has 12 heteroatoms. The van der Waals surface area contributed by atoms with Crippen LogP contribution in [0, 0.1) is 17.6 Å². The van der Waals surface area contributed by atoms with E-state index in [1.54, 1.807) is 22.4 Å². The third kappa shape index (κ3) is 5.35. The summed E-state index contributed by atoms with van der Waals surface area (Å²) in [4.78, 5) is 39.0. The molecule has 178 valence electrons. The number of carbonyl (C=O) groups excluding carboxylic acids is 2. The molecule has 2 fully saturated rings. The van der Waals surface area contributed by atoms with Gasteiger partial charge in [-0.15, -0.1) is 11.3 Å². The second-order valence-corrected chi connectivity index (χ2v) is 10.3. The summed E-state index contributed by atoms with van der Waals surface area (Å²) in [5.41, 5.74) is 3.99. The van der Waals surface area contributed by atoms with Gasteiger partial charge in [0.25, 0.3) is 5.91 Å². The van der Waals surface area contributed by atoms with E-state index >= 15 is 0 Å². The lowest BCUT2D eigenvalue weighted by Gasteiger charge is -2.30. The number of hydrogen-bond donors (Lipinski definition) is 2. The monoisotopic (exact) mass is 523 g/mol. The Hall–Kier alpha value is -2.67. The summed E-state index contributed by atoms with van der Waals surface area (Å²) < 4.78 is 27.0. The molecule has 2 saturated heterocycles. The van der Waals surface area contributed by atoms with Gasteiger partial charge in [-0.3, -0.25) is 14.4 Å². The van der Waals surface area contributed by atoms with Crippen LogP contribution in [0.3, 0.4) is 0 Å². The highest BCUT2D eigenvalue weighted by Gasteiger charge is 2.33. The van der Waals surface area contributed by atoms with E-state index < -0.39 is 29.4 Å². The molecule has 2 aliphatic heterocycles. The minimum absolute atomic E-state index is 0.142. The molecule has 0 unspecified atom stereocenters. The van der Waals surface area contributed by atoms with E-state index in [0.29, 0.717) is 42.0 Å². The Morgan fingerprint density at radius 3 is 2.59 bits per heavy atom. The SMILES string of the molecule is O=C(O)C1CCN(C(=O)CNN2C(=O)/C(=C/c3cc(-c4ccc(F)c(F)c4)cs3)SC2=S)CC1. The third-order valence-corrected chi connectivity index (χ3v) is 7.71. The van der Waals surface area contributed by atoms with Crippen molar-refractivity contribution < 1.29 is 28.3 Å². The van der Waals surface area contributed by atoms with Gasteiger partial charge in [0.2, 0.25) is 5.91 Å². The Kier molecular flexibility index (Phi) is 7.41. The third-order valence-electron chi connectivity index (χ3n) is 5.53. The fraction of sp³-hybridized carbons (Fsp3) is 0.273. The van der Waals surface area contributed by atoms with Gasteiger partial charge in [0.1, 0.15) is 0 Å². The number of amides is 2. The van der Waals surface area contributed by atoms with Gasteiger partial charge < -0.3 is 10.0 Å². The quantitative estimate of drug-likeness (QED) is 0.441. The van der Waals surface area contributed by atoms with Crippen LogP contribution < -0.4 is 5.43 Å². The van der Waals surface area contributed by atoms with Crippen molar-refractivity contribution in [2.24, 2.45) is 5.92 Å². The van der Waals surface area contributed by atoms with Crippen molar-refractivity contribution in [2.75, 3.05) is 19.6 Å². The minimum atomic E-state index is -0.932. The number of aliphatic carboxylic acids is 1. The second-order valence-electron chi connectivity index (χ2n) is 7.71. The lowest BCUT2D eigenvalue weighted by molar-refractivity contribution is -0.145. The first kappa shape index (κ1) is 24.5. The number of hydrogen-bond acceptors (Lipinski definition) is 7. The van der Waals surface area contributed by atoms with Crippen molar-refractivity contribution in [3.63, 3.8) is 0 Å². The number of thiocarbonyl (C=S) groups is 1. The summed E-state index contributed by atoms with van der Waals surface area (Å²) in [5, 5.41) is 12.0. The molecule has 0 atom stereocenters. The zero-order valence-corrected chi connectivity index (χ0v) is 20.1. The fourth-order valence-corrected chi connectivity index (χ4v) is 5.75.